The highest BCUT2D eigenvalue weighted by Crippen LogP contribution is 2.24. The number of hydrogen-bond donors (Lipinski definition) is 2. The maximum atomic E-state index is 12.3. The van der Waals surface area contributed by atoms with Crippen molar-refractivity contribution in [3.8, 4) is 0 Å². The van der Waals surface area contributed by atoms with Gasteiger partial charge in [-0.15, -0.1) is 0 Å². The second-order valence-corrected chi connectivity index (χ2v) is 6.77. The van der Waals surface area contributed by atoms with Gasteiger partial charge < -0.3 is 5.73 Å². The highest BCUT2D eigenvalue weighted by atomic mass is 35.5. The highest BCUT2D eigenvalue weighted by molar-refractivity contribution is 7.89. The molecule has 0 heterocycles. The van der Waals surface area contributed by atoms with E-state index >= 15 is 0 Å². The molecule has 0 saturated heterocycles. The predicted molar refractivity (Wildman–Crippen MR) is 79.7 cm³/mol. The van der Waals surface area contributed by atoms with Gasteiger partial charge >= 0.3 is 0 Å². The molecule has 0 aliphatic rings. The number of benzene rings is 1. The minimum atomic E-state index is -3.64. The summed E-state index contributed by atoms with van der Waals surface area (Å²) in [5, 5.41) is 0.179. The Morgan fingerprint density at radius 1 is 1.32 bits per heavy atom. The summed E-state index contributed by atoms with van der Waals surface area (Å²) in [6.45, 7) is 5.97. The minimum absolute atomic E-state index is 0.0342. The minimum Gasteiger partial charge on any atom is -0.399 e. The molecule has 0 saturated carbocycles. The van der Waals surface area contributed by atoms with E-state index in [1.165, 1.54) is 12.1 Å². The Balaban J connectivity index is 3.01. The third kappa shape index (κ3) is 4.09. The number of nitrogens with one attached hydrogen (secondary N) is 1. The van der Waals surface area contributed by atoms with Gasteiger partial charge in [-0.2, -0.15) is 0 Å². The van der Waals surface area contributed by atoms with Crippen molar-refractivity contribution in [3.63, 3.8) is 0 Å². The monoisotopic (exact) mass is 304 g/mol. The number of rotatable bonds is 6. The lowest BCUT2D eigenvalue weighted by Crippen LogP contribution is -2.37. The van der Waals surface area contributed by atoms with E-state index in [0.717, 1.165) is 12.8 Å². The van der Waals surface area contributed by atoms with Crippen LogP contribution >= 0.6 is 11.6 Å². The maximum absolute atomic E-state index is 12.3. The molecule has 0 bridgehead atoms. The van der Waals surface area contributed by atoms with E-state index in [9.17, 15) is 8.42 Å². The van der Waals surface area contributed by atoms with E-state index in [2.05, 4.69) is 4.72 Å². The van der Waals surface area contributed by atoms with Crippen LogP contribution in [0.2, 0.25) is 5.02 Å². The molecular weight excluding hydrogens is 284 g/mol. The summed E-state index contributed by atoms with van der Waals surface area (Å²) in [5.41, 5.74) is 5.99. The number of nitrogens with two attached hydrogens (primary N) is 1. The number of halogens is 1. The highest BCUT2D eigenvalue weighted by Gasteiger charge is 2.23. The molecule has 0 radical (unpaired) electrons. The predicted octanol–water partition coefficient (Wildman–Crippen LogP) is 3.03. The lowest BCUT2D eigenvalue weighted by molar-refractivity contribution is 0.391. The van der Waals surface area contributed by atoms with Gasteiger partial charge in [0, 0.05) is 11.7 Å². The molecule has 0 spiro atoms. The normalized spacial score (nSPS) is 13.7. The molecule has 1 unspecified atom stereocenters. The average molecular weight is 305 g/mol. The van der Waals surface area contributed by atoms with E-state index in [1.54, 1.807) is 6.07 Å². The molecule has 1 rings (SSSR count). The van der Waals surface area contributed by atoms with Gasteiger partial charge in [0.25, 0.3) is 0 Å². The van der Waals surface area contributed by atoms with Crippen molar-refractivity contribution in [2.45, 2.75) is 44.6 Å². The van der Waals surface area contributed by atoms with E-state index in [1.807, 2.05) is 20.8 Å². The molecule has 0 aliphatic carbocycles. The Kier molecular flexibility index (Phi) is 5.64. The van der Waals surface area contributed by atoms with Gasteiger partial charge in [0.2, 0.25) is 10.0 Å². The molecule has 1 aromatic rings. The summed E-state index contributed by atoms with van der Waals surface area (Å²) >= 11 is 5.94. The van der Waals surface area contributed by atoms with Crippen molar-refractivity contribution in [2.75, 3.05) is 5.73 Å². The van der Waals surface area contributed by atoms with Gasteiger partial charge in [0.1, 0.15) is 4.90 Å². The Morgan fingerprint density at radius 3 is 2.42 bits per heavy atom. The zero-order chi connectivity index (χ0) is 14.6. The summed E-state index contributed by atoms with van der Waals surface area (Å²) in [6, 6.07) is 4.31. The number of nitrogen functional groups attached to an aromatic ring is 1. The van der Waals surface area contributed by atoms with Crippen LogP contribution in [-0.2, 0) is 10.0 Å². The van der Waals surface area contributed by atoms with Crippen LogP contribution in [0.3, 0.4) is 0 Å². The van der Waals surface area contributed by atoms with Gasteiger partial charge in [-0.1, -0.05) is 38.3 Å². The summed E-state index contributed by atoms with van der Waals surface area (Å²) in [6.07, 6.45) is 1.84. The van der Waals surface area contributed by atoms with Gasteiger partial charge in [-0.05, 0) is 31.0 Å². The lowest BCUT2D eigenvalue weighted by Gasteiger charge is -2.22. The van der Waals surface area contributed by atoms with Crippen molar-refractivity contribution < 1.29 is 8.42 Å². The first-order valence-corrected chi connectivity index (χ1v) is 8.25. The summed E-state index contributed by atoms with van der Waals surface area (Å²) < 4.78 is 27.3. The Labute approximate surface area is 120 Å². The maximum Gasteiger partial charge on any atom is 0.242 e. The quantitative estimate of drug-likeness (QED) is 0.793. The summed E-state index contributed by atoms with van der Waals surface area (Å²) in [4.78, 5) is 0.0342. The molecule has 19 heavy (non-hydrogen) atoms. The molecule has 1 atom stereocenters. The molecule has 1 aromatic carbocycles. The van der Waals surface area contributed by atoms with Crippen LogP contribution in [0.4, 0.5) is 5.69 Å². The number of anilines is 1. The Hall–Kier alpha value is -0.780. The molecule has 6 heteroatoms. The van der Waals surface area contributed by atoms with Crippen LogP contribution < -0.4 is 10.5 Å². The smallest absolute Gasteiger partial charge is 0.242 e. The first kappa shape index (κ1) is 16.3. The lowest BCUT2D eigenvalue weighted by atomic mass is 9.96. The first-order valence-electron chi connectivity index (χ1n) is 6.39. The second-order valence-electron chi connectivity index (χ2n) is 4.68. The summed E-state index contributed by atoms with van der Waals surface area (Å²) in [5.74, 6) is 0.301. The zero-order valence-corrected chi connectivity index (χ0v) is 13.1. The Morgan fingerprint density at radius 2 is 1.89 bits per heavy atom. The van der Waals surface area contributed by atoms with E-state index in [0.29, 0.717) is 11.6 Å². The van der Waals surface area contributed by atoms with Crippen LogP contribution in [0.25, 0.3) is 0 Å². The molecular formula is C13H21ClN2O2S. The van der Waals surface area contributed by atoms with Gasteiger partial charge in [0.05, 0.1) is 5.02 Å². The van der Waals surface area contributed by atoms with Gasteiger partial charge in [-0.3, -0.25) is 0 Å². The molecule has 3 N–H and O–H groups in total. The van der Waals surface area contributed by atoms with E-state index in [4.69, 9.17) is 17.3 Å². The molecule has 108 valence electrons. The third-order valence-corrected chi connectivity index (χ3v) is 5.38. The molecule has 0 aromatic heterocycles. The first-order chi connectivity index (χ1) is 8.81. The van der Waals surface area contributed by atoms with E-state index in [-0.39, 0.29) is 16.0 Å². The number of hydrogen-bond acceptors (Lipinski definition) is 3. The summed E-state index contributed by atoms with van der Waals surface area (Å²) in [7, 11) is -3.64. The van der Waals surface area contributed by atoms with Crippen LogP contribution in [0.5, 0.6) is 0 Å². The van der Waals surface area contributed by atoms with Gasteiger partial charge in [-0.25, -0.2) is 13.1 Å². The van der Waals surface area contributed by atoms with E-state index < -0.39 is 10.0 Å². The fraction of sp³-hybridized carbons (Fsp3) is 0.538. The second kappa shape index (κ2) is 6.59. The standard InChI is InChI=1S/C13H21ClN2O2S/c1-4-10(5-2)9(3)16-19(17,18)13-8-11(15)6-7-12(13)14/h6-10,16H,4-5,15H2,1-3H3. The van der Waals surface area contributed by atoms with Gasteiger partial charge in [0.15, 0.2) is 0 Å². The van der Waals surface area contributed by atoms with Crippen LogP contribution in [-0.4, -0.2) is 14.5 Å². The van der Waals surface area contributed by atoms with Crippen LogP contribution in [0, 0.1) is 5.92 Å². The van der Waals surface area contributed by atoms with Crippen LogP contribution in [0.1, 0.15) is 33.6 Å². The molecule has 0 aliphatic heterocycles. The SMILES string of the molecule is CCC(CC)C(C)NS(=O)(=O)c1cc(N)ccc1Cl. The molecule has 4 nitrogen and oxygen atoms in total. The topological polar surface area (TPSA) is 72.2 Å². The van der Waals surface area contributed by atoms with Crippen molar-refractivity contribution in [2.24, 2.45) is 5.92 Å². The number of sulfonamides is 1. The average Bonchev–Trinajstić information content (AvgIpc) is 2.33. The zero-order valence-electron chi connectivity index (χ0n) is 11.5. The van der Waals surface area contributed by atoms with Crippen LogP contribution in [0.15, 0.2) is 23.1 Å². The van der Waals surface area contributed by atoms with Crippen molar-refractivity contribution in [1.29, 1.82) is 0 Å². The third-order valence-electron chi connectivity index (χ3n) is 3.34. The molecule has 0 amide bonds. The van der Waals surface area contributed by atoms with Crippen molar-refractivity contribution >= 4 is 27.3 Å². The largest absolute Gasteiger partial charge is 0.399 e. The molecule has 0 fully saturated rings. The fourth-order valence-electron chi connectivity index (χ4n) is 2.13. The van der Waals surface area contributed by atoms with Crippen molar-refractivity contribution in [3.05, 3.63) is 23.2 Å². The van der Waals surface area contributed by atoms with Crippen molar-refractivity contribution in [1.82, 2.24) is 4.72 Å². The fourth-order valence-corrected chi connectivity index (χ4v) is 3.97. The Bertz CT molecular complexity index is 527.